The zero-order chi connectivity index (χ0) is 12.7. The molecule has 0 aliphatic carbocycles. The quantitative estimate of drug-likeness (QED) is 0.811. The standard InChI is InChI=1S/C13H21NO2S/c1-4-9-16-12-7-5-11(6-8-12)13(14-2)10-17(3)15/h5-8,13-14H,4,9-10H2,1-3H3. The molecule has 0 saturated carbocycles. The van der Waals surface area contributed by atoms with Crippen LogP contribution in [0, 0.1) is 0 Å². The Balaban J connectivity index is 2.67. The third-order valence-corrected chi connectivity index (χ3v) is 3.31. The van der Waals surface area contributed by atoms with Crippen molar-refractivity contribution in [2.75, 3.05) is 25.7 Å². The van der Waals surface area contributed by atoms with Crippen LogP contribution in [0.1, 0.15) is 24.9 Å². The van der Waals surface area contributed by atoms with E-state index in [9.17, 15) is 4.21 Å². The minimum Gasteiger partial charge on any atom is -0.494 e. The smallest absolute Gasteiger partial charge is 0.119 e. The van der Waals surface area contributed by atoms with Crippen LogP contribution in [0.25, 0.3) is 0 Å². The summed E-state index contributed by atoms with van der Waals surface area (Å²) in [5.74, 6) is 1.52. The van der Waals surface area contributed by atoms with Gasteiger partial charge in [-0.15, -0.1) is 0 Å². The number of rotatable bonds is 7. The fraction of sp³-hybridized carbons (Fsp3) is 0.538. The summed E-state index contributed by atoms with van der Waals surface area (Å²) in [6, 6.07) is 8.13. The van der Waals surface area contributed by atoms with Gasteiger partial charge < -0.3 is 10.1 Å². The maximum absolute atomic E-state index is 11.2. The predicted octanol–water partition coefficient (Wildman–Crippen LogP) is 2.11. The number of hydrogen-bond acceptors (Lipinski definition) is 3. The number of nitrogens with one attached hydrogen (secondary N) is 1. The first kappa shape index (κ1) is 14.2. The highest BCUT2D eigenvalue weighted by Gasteiger charge is 2.10. The van der Waals surface area contributed by atoms with Crippen LogP contribution >= 0.6 is 0 Å². The van der Waals surface area contributed by atoms with Crippen molar-refractivity contribution < 1.29 is 8.95 Å². The molecular formula is C13H21NO2S. The van der Waals surface area contributed by atoms with E-state index in [-0.39, 0.29) is 6.04 Å². The molecule has 0 amide bonds. The van der Waals surface area contributed by atoms with Gasteiger partial charge in [-0.2, -0.15) is 0 Å². The van der Waals surface area contributed by atoms with Crippen molar-refractivity contribution in [1.29, 1.82) is 0 Å². The molecule has 0 spiro atoms. The molecule has 2 unspecified atom stereocenters. The van der Waals surface area contributed by atoms with Gasteiger partial charge in [-0.05, 0) is 31.2 Å². The summed E-state index contributed by atoms with van der Waals surface area (Å²) in [5.41, 5.74) is 1.14. The fourth-order valence-electron chi connectivity index (χ4n) is 1.60. The van der Waals surface area contributed by atoms with E-state index in [0.29, 0.717) is 5.75 Å². The van der Waals surface area contributed by atoms with Gasteiger partial charge in [0.1, 0.15) is 5.75 Å². The second-order valence-electron chi connectivity index (χ2n) is 4.00. The average molecular weight is 255 g/mol. The summed E-state index contributed by atoms with van der Waals surface area (Å²) in [4.78, 5) is 0. The summed E-state index contributed by atoms with van der Waals surface area (Å²) >= 11 is 0. The molecular weight excluding hydrogens is 234 g/mol. The van der Waals surface area contributed by atoms with Gasteiger partial charge in [0.25, 0.3) is 0 Å². The third-order valence-electron chi connectivity index (χ3n) is 2.51. The normalized spacial score (nSPS) is 14.3. The van der Waals surface area contributed by atoms with Gasteiger partial charge in [0.2, 0.25) is 0 Å². The molecule has 17 heavy (non-hydrogen) atoms. The Morgan fingerprint density at radius 2 is 2.00 bits per heavy atom. The lowest BCUT2D eigenvalue weighted by Crippen LogP contribution is -2.22. The molecule has 0 aliphatic heterocycles. The maximum atomic E-state index is 11.2. The molecule has 0 bridgehead atoms. The second kappa shape index (κ2) is 7.45. The Labute approximate surface area is 106 Å². The molecule has 1 N–H and O–H groups in total. The zero-order valence-electron chi connectivity index (χ0n) is 10.7. The molecule has 2 atom stereocenters. The molecule has 1 aromatic carbocycles. The molecule has 0 aliphatic rings. The Morgan fingerprint density at radius 3 is 2.47 bits per heavy atom. The summed E-state index contributed by atoms with van der Waals surface area (Å²) in [7, 11) is 1.09. The van der Waals surface area contributed by atoms with Crippen LogP contribution in [0.15, 0.2) is 24.3 Å². The predicted molar refractivity (Wildman–Crippen MR) is 73.0 cm³/mol. The average Bonchev–Trinajstić information content (AvgIpc) is 2.34. The van der Waals surface area contributed by atoms with Gasteiger partial charge in [-0.3, -0.25) is 4.21 Å². The second-order valence-corrected chi connectivity index (χ2v) is 5.48. The molecule has 96 valence electrons. The van der Waals surface area contributed by atoms with Crippen LogP contribution in [0.4, 0.5) is 0 Å². The first-order chi connectivity index (χ1) is 8.17. The van der Waals surface area contributed by atoms with Gasteiger partial charge in [-0.25, -0.2) is 0 Å². The van der Waals surface area contributed by atoms with E-state index in [2.05, 4.69) is 12.2 Å². The van der Waals surface area contributed by atoms with Gasteiger partial charge in [-0.1, -0.05) is 19.1 Å². The van der Waals surface area contributed by atoms with E-state index < -0.39 is 10.8 Å². The monoisotopic (exact) mass is 255 g/mol. The Kier molecular flexibility index (Phi) is 6.22. The van der Waals surface area contributed by atoms with Gasteiger partial charge >= 0.3 is 0 Å². The lowest BCUT2D eigenvalue weighted by atomic mass is 10.1. The minimum atomic E-state index is -0.800. The molecule has 0 saturated heterocycles. The van der Waals surface area contributed by atoms with E-state index >= 15 is 0 Å². The van der Waals surface area contributed by atoms with Crippen LogP contribution in [0.2, 0.25) is 0 Å². The molecule has 1 aromatic rings. The van der Waals surface area contributed by atoms with Gasteiger partial charge in [0, 0.05) is 28.9 Å². The Hall–Kier alpha value is -0.870. The topological polar surface area (TPSA) is 38.3 Å². The van der Waals surface area contributed by atoms with Crippen molar-refractivity contribution in [2.45, 2.75) is 19.4 Å². The molecule has 4 heteroatoms. The largest absolute Gasteiger partial charge is 0.494 e. The first-order valence-corrected chi connectivity index (χ1v) is 7.60. The molecule has 0 aromatic heterocycles. The van der Waals surface area contributed by atoms with Crippen LogP contribution in [-0.4, -0.2) is 29.9 Å². The van der Waals surface area contributed by atoms with Crippen molar-refractivity contribution in [2.24, 2.45) is 0 Å². The van der Waals surface area contributed by atoms with E-state index in [1.54, 1.807) is 6.26 Å². The highest BCUT2D eigenvalue weighted by Crippen LogP contribution is 2.18. The summed E-state index contributed by atoms with van der Waals surface area (Å²) in [6.07, 6.45) is 2.73. The van der Waals surface area contributed by atoms with E-state index in [4.69, 9.17) is 4.74 Å². The lowest BCUT2D eigenvalue weighted by Gasteiger charge is -2.15. The number of benzene rings is 1. The summed E-state index contributed by atoms with van der Waals surface area (Å²) < 4.78 is 16.8. The van der Waals surface area contributed by atoms with Crippen molar-refractivity contribution in [1.82, 2.24) is 5.32 Å². The third kappa shape index (κ3) is 4.88. The van der Waals surface area contributed by atoms with Crippen LogP contribution in [0.3, 0.4) is 0 Å². The molecule has 1 rings (SSSR count). The minimum absolute atomic E-state index is 0.140. The highest BCUT2D eigenvalue weighted by molar-refractivity contribution is 7.84. The molecule has 0 fully saturated rings. The van der Waals surface area contributed by atoms with E-state index in [1.165, 1.54) is 0 Å². The SMILES string of the molecule is CCCOc1ccc(C(CS(C)=O)NC)cc1. The summed E-state index contributed by atoms with van der Waals surface area (Å²) in [6.45, 7) is 2.83. The summed E-state index contributed by atoms with van der Waals surface area (Å²) in [5, 5.41) is 3.18. The van der Waals surface area contributed by atoms with Crippen LogP contribution in [0.5, 0.6) is 5.75 Å². The van der Waals surface area contributed by atoms with Gasteiger partial charge in [0.05, 0.1) is 6.61 Å². The van der Waals surface area contributed by atoms with Crippen LogP contribution < -0.4 is 10.1 Å². The van der Waals surface area contributed by atoms with E-state index in [0.717, 1.165) is 24.3 Å². The van der Waals surface area contributed by atoms with Gasteiger partial charge in [0.15, 0.2) is 0 Å². The van der Waals surface area contributed by atoms with Crippen molar-refractivity contribution >= 4 is 10.8 Å². The highest BCUT2D eigenvalue weighted by atomic mass is 32.2. The maximum Gasteiger partial charge on any atom is 0.119 e. The van der Waals surface area contributed by atoms with Crippen molar-refractivity contribution in [3.63, 3.8) is 0 Å². The van der Waals surface area contributed by atoms with E-state index in [1.807, 2.05) is 31.3 Å². The lowest BCUT2D eigenvalue weighted by molar-refractivity contribution is 0.317. The molecule has 0 heterocycles. The van der Waals surface area contributed by atoms with Crippen LogP contribution in [-0.2, 0) is 10.8 Å². The Bertz CT molecular complexity index is 351. The number of ether oxygens (including phenoxy) is 1. The first-order valence-electron chi connectivity index (χ1n) is 5.87. The van der Waals surface area contributed by atoms with Crippen molar-refractivity contribution in [3.05, 3.63) is 29.8 Å². The Morgan fingerprint density at radius 1 is 1.35 bits per heavy atom. The zero-order valence-corrected chi connectivity index (χ0v) is 11.5. The fourth-order valence-corrected chi connectivity index (χ4v) is 2.43. The van der Waals surface area contributed by atoms with Crippen molar-refractivity contribution in [3.8, 4) is 5.75 Å². The molecule has 0 radical (unpaired) electrons. The number of hydrogen-bond donors (Lipinski definition) is 1. The molecule has 3 nitrogen and oxygen atoms in total.